The van der Waals surface area contributed by atoms with Crippen molar-refractivity contribution in [3.8, 4) is 0 Å². The molecular formula is C16H20ClNS. The molecule has 1 aromatic carbocycles. The minimum absolute atomic E-state index is 0.742. The predicted octanol–water partition coefficient (Wildman–Crippen LogP) is 4.42. The van der Waals surface area contributed by atoms with Gasteiger partial charge in [0.2, 0.25) is 0 Å². The first-order chi connectivity index (χ1) is 9.38. The first-order valence-corrected chi connectivity index (χ1v) is 8.14. The topological polar surface area (TPSA) is 3.24 Å². The Hall–Kier alpha value is -0.830. The van der Waals surface area contributed by atoms with Crippen LogP contribution in [0.25, 0.3) is 0 Å². The quantitative estimate of drug-likeness (QED) is 0.651. The molecule has 2 rings (SSSR count). The van der Waals surface area contributed by atoms with Crippen molar-refractivity contribution in [2.45, 2.75) is 19.4 Å². The van der Waals surface area contributed by atoms with Gasteiger partial charge in [-0.25, -0.2) is 0 Å². The second-order valence-electron chi connectivity index (χ2n) is 4.63. The van der Waals surface area contributed by atoms with E-state index in [1.54, 1.807) is 0 Å². The van der Waals surface area contributed by atoms with Crippen LogP contribution < -0.4 is 0 Å². The molecule has 0 unspecified atom stereocenters. The zero-order valence-electron chi connectivity index (χ0n) is 11.1. The maximum absolute atomic E-state index is 5.82. The molecule has 2 aromatic rings. The standard InChI is InChI=1S/C16H20ClNS/c17-10-5-11-18(14-16-8-4-13-19-16)12-9-15-6-2-1-3-7-15/h1-4,6-8,13H,5,9-12,14H2. The molecule has 0 aliphatic carbocycles. The third kappa shape index (κ3) is 5.35. The van der Waals surface area contributed by atoms with Gasteiger partial charge in [0.05, 0.1) is 0 Å². The van der Waals surface area contributed by atoms with E-state index in [1.807, 2.05) is 11.3 Å². The lowest BCUT2D eigenvalue weighted by molar-refractivity contribution is 0.272. The summed E-state index contributed by atoms with van der Waals surface area (Å²) in [5.41, 5.74) is 1.41. The summed E-state index contributed by atoms with van der Waals surface area (Å²) in [6.07, 6.45) is 2.16. The van der Waals surface area contributed by atoms with Crippen molar-refractivity contribution >= 4 is 22.9 Å². The molecule has 0 aliphatic heterocycles. The number of nitrogens with zero attached hydrogens (tertiary/aromatic N) is 1. The van der Waals surface area contributed by atoms with Crippen molar-refractivity contribution < 1.29 is 0 Å². The largest absolute Gasteiger partial charge is 0.298 e. The Labute approximate surface area is 124 Å². The maximum atomic E-state index is 5.82. The first kappa shape index (κ1) is 14.6. The number of hydrogen-bond donors (Lipinski definition) is 0. The van der Waals surface area contributed by atoms with Crippen LogP contribution in [0, 0.1) is 0 Å². The van der Waals surface area contributed by atoms with E-state index < -0.39 is 0 Å². The highest BCUT2D eigenvalue weighted by atomic mass is 35.5. The van der Waals surface area contributed by atoms with Gasteiger partial charge in [0.1, 0.15) is 0 Å². The van der Waals surface area contributed by atoms with Crippen LogP contribution in [-0.4, -0.2) is 23.9 Å². The highest BCUT2D eigenvalue weighted by Crippen LogP contribution is 2.13. The molecule has 1 nitrogen and oxygen atoms in total. The molecule has 0 atom stereocenters. The van der Waals surface area contributed by atoms with E-state index >= 15 is 0 Å². The lowest BCUT2D eigenvalue weighted by atomic mass is 10.1. The Kier molecular flexibility index (Phi) is 6.42. The summed E-state index contributed by atoms with van der Waals surface area (Å²) < 4.78 is 0. The van der Waals surface area contributed by atoms with Gasteiger partial charge in [-0.1, -0.05) is 36.4 Å². The van der Waals surface area contributed by atoms with Crippen LogP contribution in [0.15, 0.2) is 47.8 Å². The van der Waals surface area contributed by atoms with E-state index in [0.717, 1.165) is 38.4 Å². The van der Waals surface area contributed by atoms with E-state index in [2.05, 4.69) is 52.7 Å². The average Bonchev–Trinajstić information content (AvgIpc) is 2.96. The lowest BCUT2D eigenvalue weighted by Crippen LogP contribution is -2.26. The highest BCUT2D eigenvalue weighted by molar-refractivity contribution is 7.09. The maximum Gasteiger partial charge on any atom is 0.0328 e. The molecule has 0 amide bonds. The first-order valence-electron chi connectivity index (χ1n) is 6.73. The number of hydrogen-bond acceptors (Lipinski definition) is 2. The Morgan fingerprint density at radius 2 is 1.84 bits per heavy atom. The molecule has 3 heteroatoms. The molecule has 102 valence electrons. The average molecular weight is 294 g/mol. The van der Waals surface area contributed by atoms with Gasteiger partial charge in [0, 0.05) is 23.8 Å². The van der Waals surface area contributed by atoms with Gasteiger partial charge in [0.15, 0.2) is 0 Å². The third-order valence-corrected chi connectivity index (χ3v) is 4.26. The molecule has 0 saturated carbocycles. The van der Waals surface area contributed by atoms with Crippen molar-refractivity contribution in [3.63, 3.8) is 0 Å². The summed E-state index contributed by atoms with van der Waals surface area (Å²) in [5, 5.41) is 2.15. The number of alkyl halides is 1. The minimum atomic E-state index is 0.742. The molecule has 1 aromatic heterocycles. The molecule has 19 heavy (non-hydrogen) atoms. The lowest BCUT2D eigenvalue weighted by Gasteiger charge is -2.21. The Morgan fingerprint density at radius 1 is 1.00 bits per heavy atom. The third-order valence-electron chi connectivity index (χ3n) is 3.13. The Bertz CT molecular complexity index is 441. The van der Waals surface area contributed by atoms with E-state index in [1.165, 1.54) is 10.4 Å². The van der Waals surface area contributed by atoms with E-state index in [4.69, 9.17) is 11.6 Å². The molecule has 0 aliphatic rings. The zero-order chi connectivity index (χ0) is 13.3. The van der Waals surface area contributed by atoms with E-state index in [0.29, 0.717) is 0 Å². The number of thiophene rings is 1. The van der Waals surface area contributed by atoms with Gasteiger partial charge in [-0.3, -0.25) is 4.90 Å². The van der Waals surface area contributed by atoms with Crippen LogP contribution in [0.3, 0.4) is 0 Å². The van der Waals surface area contributed by atoms with Crippen molar-refractivity contribution in [2.24, 2.45) is 0 Å². The van der Waals surface area contributed by atoms with Crippen molar-refractivity contribution in [2.75, 3.05) is 19.0 Å². The monoisotopic (exact) mass is 293 g/mol. The fourth-order valence-electron chi connectivity index (χ4n) is 2.11. The van der Waals surface area contributed by atoms with Gasteiger partial charge < -0.3 is 0 Å². The van der Waals surface area contributed by atoms with Crippen LogP contribution in [0.5, 0.6) is 0 Å². The number of rotatable bonds is 8. The van der Waals surface area contributed by atoms with Gasteiger partial charge in [-0.15, -0.1) is 22.9 Å². The fourth-order valence-corrected chi connectivity index (χ4v) is 2.97. The van der Waals surface area contributed by atoms with Crippen LogP contribution >= 0.6 is 22.9 Å². The SMILES string of the molecule is ClCCCN(CCc1ccccc1)Cc1cccs1. The summed E-state index contributed by atoms with van der Waals surface area (Å²) in [6.45, 7) is 3.22. The Balaban J connectivity index is 1.86. The fraction of sp³-hybridized carbons (Fsp3) is 0.375. The minimum Gasteiger partial charge on any atom is -0.298 e. The van der Waals surface area contributed by atoms with Crippen molar-refractivity contribution in [3.05, 3.63) is 58.3 Å². The van der Waals surface area contributed by atoms with Crippen LogP contribution in [0.1, 0.15) is 16.9 Å². The summed E-state index contributed by atoms with van der Waals surface area (Å²) in [6, 6.07) is 15.0. The van der Waals surface area contributed by atoms with E-state index in [9.17, 15) is 0 Å². The van der Waals surface area contributed by atoms with Gasteiger partial charge >= 0.3 is 0 Å². The van der Waals surface area contributed by atoms with Crippen LogP contribution in [0.2, 0.25) is 0 Å². The molecule has 1 heterocycles. The second kappa shape index (κ2) is 8.36. The highest BCUT2D eigenvalue weighted by Gasteiger charge is 2.06. The predicted molar refractivity (Wildman–Crippen MR) is 85.1 cm³/mol. The van der Waals surface area contributed by atoms with Crippen LogP contribution in [0.4, 0.5) is 0 Å². The smallest absolute Gasteiger partial charge is 0.0328 e. The normalized spacial score (nSPS) is 11.1. The summed E-state index contributed by atoms with van der Waals surface area (Å²) in [7, 11) is 0. The molecular weight excluding hydrogens is 274 g/mol. The number of benzene rings is 1. The molecule has 0 fully saturated rings. The molecule has 0 spiro atoms. The van der Waals surface area contributed by atoms with Gasteiger partial charge in [0.25, 0.3) is 0 Å². The molecule has 0 bridgehead atoms. The van der Waals surface area contributed by atoms with Crippen molar-refractivity contribution in [1.82, 2.24) is 4.90 Å². The van der Waals surface area contributed by atoms with E-state index in [-0.39, 0.29) is 0 Å². The summed E-state index contributed by atoms with van der Waals surface area (Å²) in [4.78, 5) is 3.93. The molecule has 0 saturated heterocycles. The summed E-state index contributed by atoms with van der Waals surface area (Å²) >= 11 is 7.65. The van der Waals surface area contributed by atoms with Gasteiger partial charge in [-0.05, 0) is 36.4 Å². The second-order valence-corrected chi connectivity index (χ2v) is 6.04. The van der Waals surface area contributed by atoms with Crippen molar-refractivity contribution in [1.29, 1.82) is 0 Å². The number of halogens is 1. The van der Waals surface area contributed by atoms with Crippen LogP contribution in [-0.2, 0) is 13.0 Å². The molecule has 0 radical (unpaired) electrons. The van der Waals surface area contributed by atoms with Gasteiger partial charge in [-0.2, -0.15) is 0 Å². The summed E-state index contributed by atoms with van der Waals surface area (Å²) in [5.74, 6) is 0.742. The Morgan fingerprint density at radius 3 is 2.53 bits per heavy atom. The molecule has 0 N–H and O–H groups in total. The zero-order valence-corrected chi connectivity index (χ0v) is 12.7.